The van der Waals surface area contributed by atoms with Gasteiger partial charge in [0.05, 0.1) is 6.04 Å². The number of urea groups is 1. The molecule has 1 unspecified atom stereocenters. The van der Waals surface area contributed by atoms with Crippen molar-refractivity contribution < 1.29 is 29.1 Å². The Morgan fingerprint density at radius 2 is 1.71 bits per heavy atom. The van der Waals surface area contributed by atoms with E-state index in [2.05, 4.69) is 10.9 Å². The van der Waals surface area contributed by atoms with Crippen molar-refractivity contribution in [1.29, 1.82) is 0 Å². The van der Waals surface area contributed by atoms with Gasteiger partial charge in [0.15, 0.2) is 0 Å². The topological polar surface area (TPSA) is 132 Å². The molecule has 156 valence electrons. The lowest BCUT2D eigenvalue weighted by atomic mass is 10.0. The summed E-state index contributed by atoms with van der Waals surface area (Å²) in [6, 6.07) is -2.40. The fraction of sp³-hybridized carbons (Fsp3) is 0.765. The molecule has 0 aliphatic carbocycles. The SMILES string of the molecule is CC(C)(C)OC(=O)N1CCCC1C(=O)NNC(=O)[C@@H]1CC[C@@H]2CN1C(=O)N2O. The summed E-state index contributed by atoms with van der Waals surface area (Å²) in [4.78, 5) is 51.8. The van der Waals surface area contributed by atoms with Gasteiger partial charge in [0.1, 0.15) is 17.7 Å². The van der Waals surface area contributed by atoms with Gasteiger partial charge in [0.25, 0.3) is 11.8 Å². The summed E-state index contributed by atoms with van der Waals surface area (Å²) in [6.45, 7) is 5.92. The van der Waals surface area contributed by atoms with Crippen LogP contribution in [0.15, 0.2) is 0 Å². The minimum absolute atomic E-state index is 0.274. The number of carbonyl (C=O) groups excluding carboxylic acids is 4. The van der Waals surface area contributed by atoms with Crippen molar-refractivity contribution >= 4 is 23.9 Å². The Kier molecular flexibility index (Phi) is 5.37. The zero-order valence-electron chi connectivity index (χ0n) is 16.3. The number of nitrogens with zero attached hydrogens (tertiary/aromatic N) is 3. The van der Waals surface area contributed by atoms with Gasteiger partial charge in [0.2, 0.25) is 0 Å². The number of amides is 5. The molecule has 3 aliphatic heterocycles. The molecule has 28 heavy (non-hydrogen) atoms. The molecule has 0 radical (unpaired) electrons. The molecule has 0 aromatic rings. The zero-order chi connectivity index (χ0) is 20.6. The van der Waals surface area contributed by atoms with Crippen LogP contribution in [-0.4, -0.2) is 80.8 Å². The Morgan fingerprint density at radius 1 is 1.07 bits per heavy atom. The van der Waals surface area contributed by atoms with E-state index in [0.29, 0.717) is 37.3 Å². The zero-order valence-corrected chi connectivity index (χ0v) is 16.3. The Labute approximate surface area is 162 Å². The molecule has 3 N–H and O–H groups in total. The van der Waals surface area contributed by atoms with Gasteiger partial charge in [0, 0.05) is 13.1 Å². The predicted octanol–water partition coefficient (Wildman–Crippen LogP) is 0.191. The van der Waals surface area contributed by atoms with Crippen LogP contribution in [0.1, 0.15) is 46.5 Å². The molecule has 11 heteroatoms. The second-order valence-corrected chi connectivity index (χ2v) is 8.34. The van der Waals surface area contributed by atoms with Gasteiger partial charge in [-0.1, -0.05) is 0 Å². The molecule has 0 spiro atoms. The van der Waals surface area contributed by atoms with E-state index in [4.69, 9.17) is 4.74 Å². The molecule has 3 fully saturated rings. The number of rotatable bonds is 2. The van der Waals surface area contributed by atoms with Crippen molar-refractivity contribution in [3.8, 4) is 0 Å². The van der Waals surface area contributed by atoms with E-state index in [-0.39, 0.29) is 12.6 Å². The van der Waals surface area contributed by atoms with Gasteiger partial charge in [-0.2, -0.15) is 0 Å². The van der Waals surface area contributed by atoms with Crippen LogP contribution in [-0.2, 0) is 14.3 Å². The number of piperidine rings is 1. The molecule has 11 nitrogen and oxygen atoms in total. The molecule has 2 bridgehead atoms. The Morgan fingerprint density at radius 3 is 2.36 bits per heavy atom. The van der Waals surface area contributed by atoms with E-state index in [9.17, 15) is 24.4 Å². The van der Waals surface area contributed by atoms with Gasteiger partial charge < -0.3 is 9.64 Å². The minimum Gasteiger partial charge on any atom is -0.444 e. The van der Waals surface area contributed by atoms with E-state index >= 15 is 0 Å². The monoisotopic (exact) mass is 397 g/mol. The van der Waals surface area contributed by atoms with Crippen molar-refractivity contribution in [2.75, 3.05) is 13.1 Å². The van der Waals surface area contributed by atoms with Crippen molar-refractivity contribution in [3.05, 3.63) is 0 Å². The second kappa shape index (κ2) is 7.46. The summed E-state index contributed by atoms with van der Waals surface area (Å²) >= 11 is 0. The van der Waals surface area contributed by atoms with Gasteiger partial charge in [-0.25, -0.2) is 14.7 Å². The van der Waals surface area contributed by atoms with Gasteiger partial charge in [-0.3, -0.25) is 30.5 Å². The Bertz CT molecular complexity index is 677. The summed E-state index contributed by atoms with van der Waals surface area (Å²) in [5.74, 6) is -1.04. The van der Waals surface area contributed by atoms with Gasteiger partial charge >= 0.3 is 12.1 Å². The number of carbonyl (C=O) groups is 4. The van der Waals surface area contributed by atoms with Crippen LogP contribution in [0.25, 0.3) is 0 Å². The van der Waals surface area contributed by atoms with Crippen LogP contribution < -0.4 is 10.9 Å². The highest BCUT2D eigenvalue weighted by molar-refractivity contribution is 5.91. The summed E-state index contributed by atoms with van der Waals surface area (Å²) in [7, 11) is 0. The molecule has 3 aliphatic rings. The highest BCUT2D eigenvalue weighted by Gasteiger charge is 2.47. The van der Waals surface area contributed by atoms with Crippen molar-refractivity contribution in [1.82, 2.24) is 25.7 Å². The quantitative estimate of drug-likeness (QED) is 0.450. The van der Waals surface area contributed by atoms with Crippen LogP contribution >= 0.6 is 0 Å². The fourth-order valence-corrected chi connectivity index (χ4v) is 3.79. The smallest absolute Gasteiger partial charge is 0.410 e. The van der Waals surface area contributed by atoms with E-state index in [1.165, 1.54) is 9.80 Å². The standard InChI is InChI=1S/C17H27N5O6/c1-17(2,3)28-16(26)20-8-4-5-11(20)13(23)18-19-14(24)12-7-6-10-9-21(12)15(25)22(10)27/h10-12,27H,4-9H2,1-3H3,(H,18,23)(H,19,24)/t10-,11?,12+/m1/s1. The van der Waals surface area contributed by atoms with E-state index in [0.717, 1.165) is 0 Å². The summed E-state index contributed by atoms with van der Waals surface area (Å²) in [6.07, 6.45) is 1.45. The number of fused-ring (bicyclic) bond motifs is 2. The van der Waals surface area contributed by atoms with E-state index in [1.54, 1.807) is 20.8 Å². The fourth-order valence-electron chi connectivity index (χ4n) is 3.79. The number of hydroxylamine groups is 2. The lowest BCUT2D eigenvalue weighted by Gasteiger charge is -2.30. The van der Waals surface area contributed by atoms with Crippen LogP contribution in [0.4, 0.5) is 9.59 Å². The third kappa shape index (κ3) is 3.98. The Hall–Kier alpha value is -2.56. The van der Waals surface area contributed by atoms with Crippen LogP contribution in [0.2, 0.25) is 0 Å². The van der Waals surface area contributed by atoms with E-state index in [1.807, 2.05) is 0 Å². The number of hydrogen-bond donors (Lipinski definition) is 3. The summed E-state index contributed by atoms with van der Waals surface area (Å²) in [5, 5.41) is 10.3. The molecule has 0 aromatic carbocycles. The highest BCUT2D eigenvalue weighted by Crippen LogP contribution is 2.28. The first-order valence-corrected chi connectivity index (χ1v) is 9.46. The van der Waals surface area contributed by atoms with Crippen LogP contribution in [0.5, 0.6) is 0 Å². The molecular weight excluding hydrogens is 370 g/mol. The Balaban J connectivity index is 1.54. The van der Waals surface area contributed by atoms with Crippen molar-refractivity contribution in [2.45, 2.75) is 70.2 Å². The maximum Gasteiger partial charge on any atom is 0.410 e. The van der Waals surface area contributed by atoms with Crippen LogP contribution in [0, 0.1) is 0 Å². The number of hydrogen-bond acceptors (Lipinski definition) is 6. The largest absolute Gasteiger partial charge is 0.444 e. The lowest BCUT2D eigenvalue weighted by Crippen LogP contribution is -2.57. The van der Waals surface area contributed by atoms with Gasteiger partial charge in [-0.05, 0) is 46.5 Å². The average Bonchev–Trinajstić information content (AvgIpc) is 3.19. The van der Waals surface area contributed by atoms with Crippen molar-refractivity contribution in [2.24, 2.45) is 0 Å². The third-order valence-corrected chi connectivity index (χ3v) is 5.14. The lowest BCUT2D eigenvalue weighted by molar-refractivity contribution is -0.133. The highest BCUT2D eigenvalue weighted by atomic mass is 16.6. The summed E-state index contributed by atoms with van der Waals surface area (Å²) < 4.78 is 5.33. The predicted molar refractivity (Wildman–Crippen MR) is 94.8 cm³/mol. The molecule has 0 aromatic heterocycles. The molecule has 3 atom stereocenters. The molecule has 3 heterocycles. The molecular formula is C17H27N5O6. The number of ether oxygens (including phenoxy) is 1. The number of likely N-dealkylation sites (tertiary alicyclic amines) is 1. The molecule has 3 rings (SSSR count). The molecule has 0 saturated carbocycles. The first kappa shape index (κ1) is 20.2. The van der Waals surface area contributed by atoms with Crippen molar-refractivity contribution in [3.63, 3.8) is 0 Å². The number of nitrogens with one attached hydrogen (secondary N) is 2. The average molecular weight is 397 g/mol. The molecule has 5 amide bonds. The normalized spacial score (nSPS) is 27.1. The maximum absolute atomic E-state index is 12.5. The minimum atomic E-state index is -0.758. The third-order valence-electron chi connectivity index (χ3n) is 5.14. The first-order valence-electron chi connectivity index (χ1n) is 9.46. The number of hydrazine groups is 1. The first-order chi connectivity index (χ1) is 13.1. The maximum atomic E-state index is 12.5. The molecule has 3 saturated heterocycles. The van der Waals surface area contributed by atoms with Gasteiger partial charge in [-0.15, -0.1) is 0 Å². The summed E-state index contributed by atoms with van der Waals surface area (Å²) in [5.41, 5.74) is 4.03. The van der Waals surface area contributed by atoms with Crippen LogP contribution in [0.3, 0.4) is 0 Å². The second-order valence-electron chi connectivity index (χ2n) is 8.34. The van der Waals surface area contributed by atoms with E-state index < -0.39 is 41.6 Å².